The molecule has 0 radical (unpaired) electrons. The number of hydrogen-bond acceptors (Lipinski definition) is 4. The van der Waals surface area contributed by atoms with Crippen LogP contribution in [-0.2, 0) is 0 Å². The first kappa shape index (κ1) is 17.0. The van der Waals surface area contributed by atoms with Crippen molar-refractivity contribution >= 4 is 23.0 Å². The molecule has 20 heavy (non-hydrogen) atoms. The molecule has 0 heterocycles. The molecular formula is C14H23ClFN3O. The molecule has 0 aliphatic rings. The van der Waals surface area contributed by atoms with E-state index < -0.39 is 11.4 Å². The summed E-state index contributed by atoms with van der Waals surface area (Å²) in [6.45, 7) is 5.68. The van der Waals surface area contributed by atoms with Crippen molar-refractivity contribution < 1.29 is 9.50 Å². The van der Waals surface area contributed by atoms with Crippen LogP contribution in [0.5, 0.6) is 0 Å². The number of rotatable bonds is 6. The number of nitrogens with zero attached hydrogens (tertiary/aromatic N) is 1. The topological polar surface area (TPSA) is 61.5 Å². The largest absolute Gasteiger partial charge is 0.397 e. The average molecular weight is 304 g/mol. The molecular weight excluding hydrogens is 281 g/mol. The fraction of sp³-hybridized carbons (Fsp3) is 0.571. The summed E-state index contributed by atoms with van der Waals surface area (Å²) in [6, 6.07) is 1.54. The molecule has 0 fully saturated rings. The Hall–Kier alpha value is -1.04. The Balaban J connectivity index is 3.23. The fourth-order valence-electron chi connectivity index (χ4n) is 2.08. The van der Waals surface area contributed by atoms with Crippen molar-refractivity contribution in [1.82, 2.24) is 5.43 Å². The van der Waals surface area contributed by atoms with E-state index in [-0.39, 0.29) is 11.6 Å². The minimum atomic E-state index is -0.889. The molecule has 6 heteroatoms. The number of anilines is 2. The van der Waals surface area contributed by atoms with E-state index in [1.165, 1.54) is 6.07 Å². The number of hydrazine groups is 1. The molecule has 0 aromatic heterocycles. The smallest absolute Gasteiger partial charge is 0.147 e. The quantitative estimate of drug-likeness (QED) is 0.558. The van der Waals surface area contributed by atoms with Crippen molar-refractivity contribution in [2.75, 3.05) is 24.3 Å². The van der Waals surface area contributed by atoms with Gasteiger partial charge in [-0.3, -0.25) is 0 Å². The summed E-state index contributed by atoms with van der Waals surface area (Å²) in [7, 11) is 1.68. The number of aryl methyl sites for hydroxylation is 1. The van der Waals surface area contributed by atoms with E-state index in [9.17, 15) is 9.50 Å². The number of nitrogen functional groups attached to an aromatic ring is 1. The molecule has 1 rings (SSSR count). The van der Waals surface area contributed by atoms with Gasteiger partial charge in [0.05, 0.1) is 23.5 Å². The highest BCUT2D eigenvalue weighted by molar-refractivity contribution is 6.34. The normalized spacial score (nSPS) is 11.8. The van der Waals surface area contributed by atoms with Gasteiger partial charge in [-0.1, -0.05) is 25.4 Å². The van der Waals surface area contributed by atoms with Crippen LogP contribution in [0.2, 0.25) is 5.02 Å². The Morgan fingerprint density at radius 1 is 1.45 bits per heavy atom. The lowest BCUT2D eigenvalue weighted by Crippen LogP contribution is -2.48. The first-order chi connectivity index (χ1) is 9.29. The van der Waals surface area contributed by atoms with E-state index in [0.717, 1.165) is 0 Å². The minimum absolute atomic E-state index is 0.0357. The third kappa shape index (κ3) is 3.34. The van der Waals surface area contributed by atoms with Crippen LogP contribution in [-0.4, -0.2) is 24.3 Å². The van der Waals surface area contributed by atoms with Crippen molar-refractivity contribution in [2.24, 2.45) is 0 Å². The highest BCUT2D eigenvalue weighted by atomic mass is 35.5. The molecule has 1 aromatic rings. The van der Waals surface area contributed by atoms with Gasteiger partial charge in [0.25, 0.3) is 0 Å². The van der Waals surface area contributed by atoms with Crippen LogP contribution in [0, 0.1) is 12.7 Å². The lowest BCUT2D eigenvalue weighted by atomic mass is 9.97. The standard InChI is InChI=1S/C14H23ClFN3O/c1-5-14(20,6-2)8-19(18-4)13-10(17)7-9(3)12(16)11(13)15/h7,18,20H,5-6,8,17H2,1-4H3. The van der Waals surface area contributed by atoms with Crippen molar-refractivity contribution in [1.29, 1.82) is 0 Å². The van der Waals surface area contributed by atoms with E-state index in [4.69, 9.17) is 17.3 Å². The molecule has 0 aliphatic carbocycles. The zero-order valence-electron chi connectivity index (χ0n) is 12.4. The van der Waals surface area contributed by atoms with Crippen LogP contribution in [0.3, 0.4) is 0 Å². The Labute approximate surface area is 124 Å². The van der Waals surface area contributed by atoms with Gasteiger partial charge < -0.3 is 15.8 Å². The van der Waals surface area contributed by atoms with Gasteiger partial charge in [-0.2, -0.15) is 0 Å². The van der Waals surface area contributed by atoms with Crippen molar-refractivity contribution in [3.05, 3.63) is 22.5 Å². The van der Waals surface area contributed by atoms with Crippen LogP contribution in [0.15, 0.2) is 6.07 Å². The molecule has 0 atom stereocenters. The molecule has 1 aromatic carbocycles. The Bertz CT molecular complexity index is 478. The van der Waals surface area contributed by atoms with Crippen LogP contribution in [0.4, 0.5) is 15.8 Å². The van der Waals surface area contributed by atoms with E-state index in [2.05, 4.69) is 5.43 Å². The molecule has 0 unspecified atom stereocenters. The highest BCUT2D eigenvalue weighted by Crippen LogP contribution is 2.36. The van der Waals surface area contributed by atoms with E-state index in [1.54, 1.807) is 19.0 Å². The van der Waals surface area contributed by atoms with Crippen LogP contribution in [0.25, 0.3) is 0 Å². The molecule has 0 saturated carbocycles. The second-order valence-electron chi connectivity index (χ2n) is 5.00. The summed E-state index contributed by atoms with van der Waals surface area (Å²) >= 11 is 6.07. The van der Waals surface area contributed by atoms with Gasteiger partial charge in [-0.15, -0.1) is 0 Å². The SMILES string of the molecule is CCC(O)(CC)CN(NC)c1c(N)cc(C)c(F)c1Cl. The predicted octanol–water partition coefficient (Wildman–Crippen LogP) is 2.86. The first-order valence-electron chi connectivity index (χ1n) is 6.71. The summed E-state index contributed by atoms with van der Waals surface area (Å²) < 4.78 is 14.0. The van der Waals surface area contributed by atoms with Gasteiger partial charge in [-0.05, 0) is 31.4 Å². The predicted molar refractivity (Wildman–Crippen MR) is 82.5 cm³/mol. The van der Waals surface area contributed by atoms with E-state index >= 15 is 0 Å². The van der Waals surface area contributed by atoms with Gasteiger partial charge in [0.2, 0.25) is 0 Å². The number of benzene rings is 1. The van der Waals surface area contributed by atoms with Crippen LogP contribution < -0.4 is 16.2 Å². The second-order valence-corrected chi connectivity index (χ2v) is 5.38. The van der Waals surface area contributed by atoms with Crippen LogP contribution in [0.1, 0.15) is 32.3 Å². The summed E-state index contributed by atoms with van der Waals surface area (Å²) in [5.41, 5.74) is 9.11. The molecule has 0 saturated heterocycles. The fourth-order valence-corrected chi connectivity index (χ4v) is 2.44. The van der Waals surface area contributed by atoms with Gasteiger partial charge in [-0.25, -0.2) is 9.82 Å². The third-order valence-electron chi connectivity index (χ3n) is 3.70. The van der Waals surface area contributed by atoms with Gasteiger partial charge in [0, 0.05) is 7.05 Å². The van der Waals surface area contributed by atoms with Gasteiger partial charge >= 0.3 is 0 Å². The Morgan fingerprint density at radius 3 is 2.45 bits per heavy atom. The summed E-state index contributed by atoms with van der Waals surface area (Å²) in [5, 5.41) is 12.0. The maximum absolute atomic E-state index is 14.0. The third-order valence-corrected chi connectivity index (χ3v) is 4.05. The molecule has 0 aliphatic heterocycles. The molecule has 114 valence electrons. The van der Waals surface area contributed by atoms with Gasteiger partial charge in [0.15, 0.2) is 0 Å². The van der Waals surface area contributed by atoms with Crippen molar-refractivity contribution in [3.63, 3.8) is 0 Å². The minimum Gasteiger partial charge on any atom is -0.397 e. The van der Waals surface area contributed by atoms with Crippen molar-refractivity contribution in [3.8, 4) is 0 Å². The maximum Gasteiger partial charge on any atom is 0.147 e. The first-order valence-corrected chi connectivity index (χ1v) is 7.08. The number of nitrogens with two attached hydrogens (primary N) is 1. The average Bonchev–Trinajstić information content (AvgIpc) is 2.43. The number of nitrogens with one attached hydrogen (secondary N) is 1. The Kier molecular flexibility index (Phi) is 5.62. The molecule has 0 bridgehead atoms. The number of hydrogen-bond donors (Lipinski definition) is 3. The molecule has 0 amide bonds. The summed E-state index contributed by atoms with van der Waals surface area (Å²) in [4.78, 5) is 0. The lowest BCUT2D eigenvalue weighted by molar-refractivity contribution is 0.0376. The van der Waals surface area contributed by atoms with Crippen LogP contribution >= 0.6 is 11.6 Å². The second kappa shape index (κ2) is 6.61. The molecule has 4 N–H and O–H groups in total. The summed E-state index contributed by atoms with van der Waals surface area (Å²) in [5.74, 6) is -0.493. The zero-order chi connectivity index (χ0) is 15.5. The molecule has 4 nitrogen and oxygen atoms in total. The Morgan fingerprint density at radius 2 is 2.00 bits per heavy atom. The summed E-state index contributed by atoms with van der Waals surface area (Å²) in [6.07, 6.45) is 1.15. The molecule has 0 spiro atoms. The monoisotopic (exact) mass is 303 g/mol. The van der Waals surface area contributed by atoms with Crippen molar-refractivity contribution in [2.45, 2.75) is 39.2 Å². The van der Waals surface area contributed by atoms with Gasteiger partial charge in [0.1, 0.15) is 10.8 Å². The number of halogens is 2. The highest BCUT2D eigenvalue weighted by Gasteiger charge is 2.28. The number of aliphatic hydroxyl groups is 1. The zero-order valence-corrected chi connectivity index (χ0v) is 13.2. The lowest BCUT2D eigenvalue weighted by Gasteiger charge is -2.34. The maximum atomic E-state index is 14.0. The van der Waals surface area contributed by atoms with E-state index in [1.807, 2.05) is 13.8 Å². The van der Waals surface area contributed by atoms with E-state index in [0.29, 0.717) is 29.8 Å².